The Hall–Kier alpha value is -1.39. The van der Waals surface area contributed by atoms with Crippen LogP contribution in [0.1, 0.15) is 33.0 Å². The predicted molar refractivity (Wildman–Crippen MR) is 82.6 cm³/mol. The smallest absolute Gasteiger partial charge is 0.123 e. The van der Waals surface area contributed by atoms with Crippen LogP contribution in [0.5, 0.6) is 0 Å². The van der Waals surface area contributed by atoms with Crippen molar-refractivity contribution in [3.8, 4) is 0 Å². The van der Waals surface area contributed by atoms with Crippen LogP contribution in [0.15, 0.2) is 24.3 Å². The number of imidazole rings is 1. The molecule has 0 bridgehead atoms. The third-order valence-electron chi connectivity index (χ3n) is 3.50. The molecule has 0 fully saturated rings. The zero-order valence-corrected chi connectivity index (χ0v) is 12.7. The van der Waals surface area contributed by atoms with Crippen LogP contribution in [-0.4, -0.2) is 27.8 Å². The first-order chi connectivity index (χ1) is 9.57. The van der Waals surface area contributed by atoms with Gasteiger partial charge in [-0.2, -0.15) is 0 Å². The summed E-state index contributed by atoms with van der Waals surface area (Å²) in [5.41, 5.74) is 2.16. The van der Waals surface area contributed by atoms with Crippen molar-refractivity contribution >= 4 is 11.0 Å². The molecule has 20 heavy (non-hydrogen) atoms. The van der Waals surface area contributed by atoms with Crippen LogP contribution < -0.4 is 5.32 Å². The Morgan fingerprint density at radius 2 is 2.05 bits per heavy atom. The average Bonchev–Trinajstić information content (AvgIpc) is 2.78. The van der Waals surface area contributed by atoms with Crippen LogP contribution in [0.4, 0.5) is 0 Å². The van der Waals surface area contributed by atoms with Crippen molar-refractivity contribution in [1.29, 1.82) is 0 Å². The number of fused-ring (bicyclic) bond motifs is 1. The molecule has 0 spiro atoms. The molecule has 4 heteroatoms. The number of aliphatic hydroxyl groups is 1. The molecule has 0 aliphatic heterocycles. The first-order valence-electron chi connectivity index (χ1n) is 7.33. The van der Waals surface area contributed by atoms with E-state index in [9.17, 15) is 5.11 Å². The summed E-state index contributed by atoms with van der Waals surface area (Å²) in [6.45, 7) is 8.97. The van der Waals surface area contributed by atoms with E-state index < -0.39 is 0 Å². The standard InChI is InChI=1S/C16H25N3O/c1-4-9-19-14-8-6-5-7-13(14)18-15(19)10-17-11-16(2,3)12-20/h5-8,17,20H,4,9-12H2,1-3H3. The number of aliphatic hydroxyl groups excluding tert-OH is 1. The molecule has 0 unspecified atom stereocenters. The topological polar surface area (TPSA) is 50.1 Å². The molecule has 1 aromatic heterocycles. The summed E-state index contributed by atoms with van der Waals surface area (Å²) in [5, 5.41) is 12.7. The maximum absolute atomic E-state index is 9.28. The van der Waals surface area contributed by atoms with Crippen molar-refractivity contribution in [2.24, 2.45) is 5.41 Å². The highest BCUT2D eigenvalue weighted by atomic mass is 16.3. The average molecular weight is 275 g/mol. The van der Waals surface area contributed by atoms with E-state index >= 15 is 0 Å². The zero-order chi connectivity index (χ0) is 14.6. The van der Waals surface area contributed by atoms with Gasteiger partial charge in [0, 0.05) is 25.1 Å². The largest absolute Gasteiger partial charge is 0.396 e. The highest BCUT2D eigenvalue weighted by Crippen LogP contribution is 2.17. The molecule has 0 saturated heterocycles. The Kier molecular flexibility index (Phi) is 4.78. The number of hydrogen-bond acceptors (Lipinski definition) is 3. The molecule has 0 radical (unpaired) electrons. The summed E-state index contributed by atoms with van der Waals surface area (Å²) in [6, 6.07) is 8.27. The number of rotatable bonds is 7. The molecular weight excluding hydrogens is 250 g/mol. The first-order valence-corrected chi connectivity index (χ1v) is 7.33. The predicted octanol–water partition coefficient (Wildman–Crippen LogP) is 2.55. The summed E-state index contributed by atoms with van der Waals surface area (Å²) >= 11 is 0. The minimum atomic E-state index is -0.0956. The summed E-state index contributed by atoms with van der Waals surface area (Å²) in [6.07, 6.45) is 1.09. The number of aryl methyl sites for hydroxylation is 1. The van der Waals surface area contributed by atoms with E-state index in [1.807, 2.05) is 6.07 Å². The van der Waals surface area contributed by atoms with Crippen LogP contribution in [0.2, 0.25) is 0 Å². The van der Waals surface area contributed by atoms with Gasteiger partial charge in [0.1, 0.15) is 5.82 Å². The van der Waals surface area contributed by atoms with Gasteiger partial charge < -0.3 is 15.0 Å². The second kappa shape index (κ2) is 6.37. The third-order valence-corrected chi connectivity index (χ3v) is 3.50. The molecule has 2 aromatic rings. The lowest BCUT2D eigenvalue weighted by Gasteiger charge is -2.22. The van der Waals surface area contributed by atoms with Gasteiger partial charge in [0.2, 0.25) is 0 Å². The molecule has 0 saturated carbocycles. The minimum Gasteiger partial charge on any atom is -0.396 e. The van der Waals surface area contributed by atoms with Crippen molar-refractivity contribution in [2.75, 3.05) is 13.2 Å². The van der Waals surface area contributed by atoms with E-state index in [-0.39, 0.29) is 12.0 Å². The fraction of sp³-hybridized carbons (Fsp3) is 0.562. The molecule has 1 heterocycles. The Balaban J connectivity index is 2.14. The summed E-state index contributed by atoms with van der Waals surface area (Å²) in [7, 11) is 0. The van der Waals surface area contributed by atoms with E-state index in [1.54, 1.807) is 0 Å². The number of nitrogens with one attached hydrogen (secondary N) is 1. The number of hydrogen-bond donors (Lipinski definition) is 2. The quantitative estimate of drug-likeness (QED) is 0.816. The van der Waals surface area contributed by atoms with Crippen molar-refractivity contribution < 1.29 is 5.11 Å². The van der Waals surface area contributed by atoms with Crippen molar-refractivity contribution in [2.45, 2.75) is 40.3 Å². The van der Waals surface area contributed by atoms with Crippen LogP contribution in [0.3, 0.4) is 0 Å². The molecule has 0 aliphatic carbocycles. The molecule has 2 N–H and O–H groups in total. The Labute approximate surface area is 120 Å². The van der Waals surface area contributed by atoms with Gasteiger partial charge in [-0.05, 0) is 18.6 Å². The van der Waals surface area contributed by atoms with Gasteiger partial charge in [0.05, 0.1) is 17.6 Å². The van der Waals surface area contributed by atoms with E-state index in [4.69, 9.17) is 4.98 Å². The minimum absolute atomic E-state index is 0.0956. The molecule has 0 aliphatic rings. The Bertz CT molecular complexity index is 560. The molecule has 110 valence electrons. The van der Waals surface area contributed by atoms with Gasteiger partial charge in [-0.3, -0.25) is 0 Å². The van der Waals surface area contributed by atoms with Crippen LogP contribution in [0, 0.1) is 5.41 Å². The second-order valence-corrected chi connectivity index (χ2v) is 6.09. The number of para-hydroxylation sites is 2. The monoisotopic (exact) mass is 275 g/mol. The Morgan fingerprint density at radius 1 is 1.30 bits per heavy atom. The molecule has 4 nitrogen and oxygen atoms in total. The maximum atomic E-state index is 9.28. The van der Waals surface area contributed by atoms with E-state index in [1.165, 1.54) is 5.52 Å². The van der Waals surface area contributed by atoms with Crippen LogP contribution >= 0.6 is 0 Å². The normalized spacial score (nSPS) is 12.2. The van der Waals surface area contributed by atoms with E-state index in [0.29, 0.717) is 0 Å². The van der Waals surface area contributed by atoms with E-state index in [2.05, 4.69) is 48.9 Å². The van der Waals surface area contributed by atoms with Crippen molar-refractivity contribution in [1.82, 2.24) is 14.9 Å². The zero-order valence-electron chi connectivity index (χ0n) is 12.7. The maximum Gasteiger partial charge on any atom is 0.123 e. The lowest BCUT2D eigenvalue weighted by atomic mass is 9.95. The van der Waals surface area contributed by atoms with Crippen LogP contribution in [-0.2, 0) is 13.1 Å². The lowest BCUT2D eigenvalue weighted by Crippen LogP contribution is -2.32. The first kappa shape index (κ1) is 15.0. The van der Waals surface area contributed by atoms with Gasteiger partial charge >= 0.3 is 0 Å². The van der Waals surface area contributed by atoms with Gasteiger partial charge in [-0.1, -0.05) is 32.9 Å². The van der Waals surface area contributed by atoms with Crippen LogP contribution in [0.25, 0.3) is 11.0 Å². The van der Waals surface area contributed by atoms with Crippen molar-refractivity contribution in [3.05, 3.63) is 30.1 Å². The second-order valence-electron chi connectivity index (χ2n) is 6.09. The molecular formula is C16H25N3O. The third kappa shape index (κ3) is 3.38. The summed E-state index contributed by atoms with van der Waals surface area (Å²) < 4.78 is 2.29. The SMILES string of the molecule is CCCn1c(CNCC(C)(C)CO)nc2ccccc21. The van der Waals surface area contributed by atoms with Gasteiger partial charge in [-0.25, -0.2) is 4.98 Å². The Morgan fingerprint density at radius 3 is 2.75 bits per heavy atom. The fourth-order valence-electron chi connectivity index (χ4n) is 2.30. The summed E-state index contributed by atoms with van der Waals surface area (Å²) in [4.78, 5) is 4.71. The molecule has 2 rings (SSSR count). The molecule has 1 aromatic carbocycles. The molecule has 0 atom stereocenters. The van der Waals surface area contributed by atoms with Gasteiger partial charge in [0.15, 0.2) is 0 Å². The number of benzene rings is 1. The van der Waals surface area contributed by atoms with Crippen molar-refractivity contribution in [3.63, 3.8) is 0 Å². The molecule has 0 amide bonds. The van der Waals surface area contributed by atoms with Gasteiger partial charge in [0.25, 0.3) is 0 Å². The number of aromatic nitrogens is 2. The number of nitrogens with zero attached hydrogens (tertiary/aromatic N) is 2. The summed E-state index contributed by atoms with van der Waals surface area (Å²) in [5.74, 6) is 1.07. The highest BCUT2D eigenvalue weighted by Gasteiger charge is 2.16. The lowest BCUT2D eigenvalue weighted by molar-refractivity contribution is 0.156. The fourth-order valence-corrected chi connectivity index (χ4v) is 2.30. The van der Waals surface area contributed by atoms with E-state index in [0.717, 1.165) is 37.4 Å². The van der Waals surface area contributed by atoms with Gasteiger partial charge in [-0.15, -0.1) is 0 Å². The highest BCUT2D eigenvalue weighted by molar-refractivity contribution is 5.75.